The van der Waals surface area contributed by atoms with Crippen molar-refractivity contribution in [3.05, 3.63) is 0 Å². The van der Waals surface area contributed by atoms with Crippen LogP contribution in [0.15, 0.2) is 0 Å². The maximum Gasteiger partial charge on any atom is 0.328 e. The van der Waals surface area contributed by atoms with E-state index in [1.807, 2.05) is 6.92 Å². The van der Waals surface area contributed by atoms with Crippen LogP contribution in [-0.2, 0) is 14.3 Å². The summed E-state index contributed by atoms with van der Waals surface area (Å²) in [5.74, 6) is -0.744. The number of carbonyl (C=O) groups excluding carboxylic acids is 2. The number of rotatable bonds is 6. The van der Waals surface area contributed by atoms with Gasteiger partial charge < -0.3 is 15.8 Å². The summed E-state index contributed by atoms with van der Waals surface area (Å²) in [6, 6.07) is -1.19. The molecule has 0 aromatic rings. The fraction of sp³-hybridized carbons (Fsp3) is 0.800. The lowest BCUT2D eigenvalue weighted by molar-refractivity contribution is -0.147. The Bertz CT molecular complexity index is 219. The number of hydrogen-bond donors (Lipinski definition) is 2. The number of carbonyl (C=O) groups is 2. The van der Waals surface area contributed by atoms with E-state index in [9.17, 15) is 9.59 Å². The van der Waals surface area contributed by atoms with E-state index < -0.39 is 18.1 Å². The van der Waals surface area contributed by atoms with Crippen LogP contribution in [0, 0.1) is 0 Å². The molecule has 0 bridgehead atoms. The van der Waals surface area contributed by atoms with Gasteiger partial charge in [-0.25, -0.2) is 4.79 Å². The molecule has 0 saturated heterocycles. The van der Waals surface area contributed by atoms with Crippen LogP contribution >= 0.6 is 0 Å². The van der Waals surface area contributed by atoms with Crippen LogP contribution in [0.5, 0.6) is 0 Å². The molecule has 0 spiro atoms. The molecule has 0 aliphatic rings. The molecular weight excluding hydrogens is 196 g/mol. The van der Waals surface area contributed by atoms with Gasteiger partial charge in [0, 0.05) is 0 Å². The van der Waals surface area contributed by atoms with Crippen LogP contribution in [0.25, 0.3) is 0 Å². The van der Waals surface area contributed by atoms with Crippen molar-refractivity contribution < 1.29 is 14.3 Å². The van der Waals surface area contributed by atoms with Crippen molar-refractivity contribution in [3.63, 3.8) is 0 Å². The fourth-order valence-corrected chi connectivity index (χ4v) is 1.09. The summed E-state index contributed by atoms with van der Waals surface area (Å²) in [6.07, 6.45) is 1.45. The van der Waals surface area contributed by atoms with Crippen molar-refractivity contribution in [2.24, 2.45) is 5.73 Å². The second kappa shape index (κ2) is 7.23. The van der Waals surface area contributed by atoms with Gasteiger partial charge in [0.15, 0.2) is 0 Å². The van der Waals surface area contributed by atoms with Crippen molar-refractivity contribution in [3.8, 4) is 0 Å². The molecule has 88 valence electrons. The van der Waals surface area contributed by atoms with Crippen LogP contribution in [0.4, 0.5) is 0 Å². The average molecular weight is 216 g/mol. The first-order valence-corrected chi connectivity index (χ1v) is 5.25. The van der Waals surface area contributed by atoms with Gasteiger partial charge >= 0.3 is 5.97 Å². The molecule has 5 nitrogen and oxygen atoms in total. The molecule has 3 N–H and O–H groups in total. The molecule has 5 heteroatoms. The molecule has 0 aromatic heterocycles. The maximum atomic E-state index is 11.4. The molecule has 0 aliphatic heterocycles. The van der Waals surface area contributed by atoms with Gasteiger partial charge in [-0.2, -0.15) is 0 Å². The number of hydrogen-bond acceptors (Lipinski definition) is 4. The summed E-state index contributed by atoms with van der Waals surface area (Å²) in [4.78, 5) is 22.6. The van der Waals surface area contributed by atoms with E-state index in [4.69, 9.17) is 10.5 Å². The van der Waals surface area contributed by atoms with Crippen molar-refractivity contribution in [2.75, 3.05) is 6.61 Å². The zero-order chi connectivity index (χ0) is 11.8. The number of esters is 1. The van der Waals surface area contributed by atoms with E-state index in [1.165, 1.54) is 0 Å². The van der Waals surface area contributed by atoms with Crippen molar-refractivity contribution in [1.29, 1.82) is 0 Å². The largest absolute Gasteiger partial charge is 0.464 e. The van der Waals surface area contributed by atoms with Gasteiger partial charge in [0.2, 0.25) is 5.91 Å². The number of nitrogens with two attached hydrogens (primary N) is 1. The van der Waals surface area contributed by atoms with Gasteiger partial charge in [-0.1, -0.05) is 13.3 Å². The lowest BCUT2D eigenvalue weighted by Crippen LogP contribution is -2.47. The smallest absolute Gasteiger partial charge is 0.328 e. The van der Waals surface area contributed by atoms with Gasteiger partial charge in [-0.15, -0.1) is 0 Å². The zero-order valence-corrected chi connectivity index (χ0v) is 9.58. The van der Waals surface area contributed by atoms with Crippen molar-refractivity contribution >= 4 is 11.9 Å². The molecule has 2 atom stereocenters. The molecule has 1 amide bonds. The molecular formula is C10H20N2O3. The molecule has 2 unspecified atom stereocenters. The molecule has 0 fully saturated rings. The van der Waals surface area contributed by atoms with E-state index in [2.05, 4.69) is 5.32 Å². The summed E-state index contributed by atoms with van der Waals surface area (Å²) in [6.45, 7) is 5.55. The van der Waals surface area contributed by atoms with E-state index in [0.29, 0.717) is 13.0 Å². The Balaban J connectivity index is 4.00. The lowest BCUT2D eigenvalue weighted by atomic mass is 10.1. The van der Waals surface area contributed by atoms with Crippen LogP contribution in [-0.4, -0.2) is 30.6 Å². The fourth-order valence-electron chi connectivity index (χ4n) is 1.09. The Morgan fingerprint density at radius 2 is 2.00 bits per heavy atom. The normalized spacial score (nSPS) is 14.1. The summed E-state index contributed by atoms with van der Waals surface area (Å²) < 4.78 is 4.75. The minimum atomic E-state index is -0.639. The summed E-state index contributed by atoms with van der Waals surface area (Å²) in [7, 11) is 0. The molecule has 0 aromatic carbocycles. The minimum absolute atomic E-state index is 0.306. The van der Waals surface area contributed by atoms with Gasteiger partial charge in [-0.3, -0.25) is 4.79 Å². The quantitative estimate of drug-likeness (QED) is 0.621. The van der Waals surface area contributed by atoms with Gasteiger partial charge in [0.05, 0.1) is 12.6 Å². The van der Waals surface area contributed by atoms with Gasteiger partial charge in [-0.05, 0) is 20.3 Å². The number of amides is 1. The second-order valence-corrected chi connectivity index (χ2v) is 3.38. The van der Waals surface area contributed by atoms with Crippen LogP contribution in [0.3, 0.4) is 0 Å². The molecule has 0 aliphatic carbocycles. The highest BCUT2D eigenvalue weighted by Gasteiger charge is 2.19. The highest BCUT2D eigenvalue weighted by Crippen LogP contribution is 1.95. The summed E-state index contributed by atoms with van der Waals surface area (Å²) in [5, 5.41) is 2.51. The zero-order valence-electron chi connectivity index (χ0n) is 9.58. The van der Waals surface area contributed by atoms with Crippen LogP contribution < -0.4 is 11.1 Å². The van der Waals surface area contributed by atoms with E-state index in [1.54, 1.807) is 13.8 Å². The predicted molar refractivity (Wildman–Crippen MR) is 57.1 cm³/mol. The number of ether oxygens (including phenoxy) is 1. The topological polar surface area (TPSA) is 81.4 Å². The van der Waals surface area contributed by atoms with E-state index in [0.717, 1.165) is 6.42 Å². The van der Waals surface area contributed by atoms with E-state index in [-0.39, 0.29) is 5.91 Å². The minimum Gasteiger partial charge on any atom is -0.464 e. The average Bonchev–Trinajstić information content (AvgIpc) is 2.18. The monoisotopic (exact) mass is 216 g/mol. The van der Waals surface area contributed by atoms with Gasteiger partial charge in [0.1, 0.15) is 6.04 Å². The Morgan fingerprint density at radius 1 is 1.40 bits per heavy atom. The van der Waals surface area contributed by atoms with Gasteiger partial charge in [0.25, 0.3) is 0 Å². The number of nitrogens with one attached hydrogen (secondary N) is 1. The third-order valence-electron chi connectivity index (χ3n) is 1.94. The lowest BCUT2D eigenvalue weighted by Gasteiger charge is -2.15. The van der Waals surface area contributed by atoms with E-state index >= 15 is 0 Å². The Morgan fingerprint density at radius 3 is 2.47 bits per heavy atom. The SMILES string of the molecule is CCCC(N)C(=O)NC(C)C(=O)OCC. The summed E-state index contributed by atoms with van der Waals surface area (Å²) >= 11 is 0. The third kappa shape index (κ3) is 5.37. The first kappa shape index (κ1) is 13.9. The Labute approximate surface area is 90.4 Å². The van der Waals surface area contributed by atoms with Crippen LogP contribution in [0.1, 0.15) is 33.6 Å². The third-order valence-corrected chi connectivity index (χ3v) is 1.94. The maximum absolute atomic E-state index is 11.4. The first-order valence-electron chi connectivity index (χ1n) is 5.25. The van der Waals surface area contributed by atoms with Crippen molar-refractivity contribution in [1.82, 2.24) is 5.32 Å². The Hall–Kier alpha value is -1.10. The molecule has 0 rings (SSSR count). The first-order chi connectivity index (χ1) is 7.02. The van der Waals surface area contributed by atoms with Crippen molar-refractivity contribution in [2.45, 2.75) is 45.7 Å². The second-order valence-electron chi connectivity index (χ2n) is 3.38. The van der Waals surface area contributed by atoms with Crippen LogP contribution in [0.2, 0.25) is 0 Å². The predicted octanol–water partition coefficient (Wildman–Crippen LogP) is 0.182. The highest BCUT2D eigenvalue weighted by molar-refractivity contribution is 5.87. The Kier molecular flexibility index (Phi) is 6.70. The highest BCUT2D eigenvalue weighted by atomic mass is 16.5. The summed E-state index contributed by atoms with van der Waals surface area (Å²) in [5.41, 5.74) is 5.59. The molecule has 0 heterocycles. The molecule has 15 heavy (non-hydrogen) atoms. The molecule has 0 saturated carbocycles. The standard InChI is InChI=1S/C10H20N2O3/c1-4-6-8(11)9(13)12-7(3)10(14)15-5-2/h7-8H,4-6,11H2,1-3H3,(H,12,13). The molecule has 0 radical (unpaired) electrons.